The SMILES string of the molecule is CNC(=O)O[C@H]1CCC[C@@H]1C(C#N)(c1cccc(F)c1)C1CCN(CC2CN(c3ccc(S(=O)(=O)c4ccccc4)cc3)C2)CC1. The number of carbonyl (C=O) groups is 1. The first-order chi connectivity index (χ1) is 22.2. The second-order valence-electron chi connectivity index (χ2n) is 12.9. The molecule has 1 aliphatic carbocycles. The highest BCUT2D eigenvalue weighted by molar-refractivity contribution is 7.91. The van der Waals surface area contributed by atoms with Gasteiger partial charge in [-0.3, -0.25) is 0 Å². The van der Waals surface area contributed by atoms with Crippen LogP contribution in [0.15, 0.2) is 88.7 Å². The first-order valence-electron chi connectivity index (χ1n) is 16.2. The summed E-state index contributed by atoms with van der Waals surface area (Å²) in [5.74, 6) is -0.0628. The summed E-state index contributed by atoms with van der Waals surface area (Å²) in [4.78, 5) is 17.5. The number of amides is 1. The summed E-state index contributed by atoms with van der Waals surface area (Å²) in [5, 5.41) is 13.4. The third-order valence-corrected chi connectivity index (χ3v) is 12.0. The minimum absolute atomic E-state index is 0.0120. The average molecular weight is 645 g/mol. The van der Waals surface area contributed by atoms with Gasteiger partial charge in [0, 0.05) is 44.2 Å². The van der Waals surface area contributed by atoms with Crippen molar-refractivity contribution in [3.05, 3.63) is 90.2 Å². The molecule has 0 radical (unpaired) electrons. The zero-order valence-corrected chi connectivity index (χ0v) is 27.0. The number of anilines is 1. The fraction of sp³-hybridized carbons (Fsp3) is 0.444. The number of halogens is 1. The van der Waals surface area contributed by atoms with Crippen LogP contribution in [-0.4, -0.2) is 65.3 Å². The standard InChI is InChI=1S/C36H41FN4O4S/c1-39-35(42)45-34-12-6-11-33(34)36(25-38,28-7-5-8-29(37)21-28)27-17-19-40(20-18-27)22-26-23-41(24-26)30-13-15-32(16-14-30)46(43,44)31-9-3-2-4-10-31/h2-5,7-10,13-16,21,26-27,33-34H,6,11-12,17-20,22-24H2,1H3,(H,39,42)/t33-,34-,36?/m0/s1. The molecule has 1 unspecified atom stereocenters. The van der Waals surface area contributed by atoms with E-state index in [1.807, 2.05) is 18.2 Å². The fourth-order valence-electron chi connectivity index (χ4n) is 7.93. The van der Waals surface area contributed by atoms with Crippen LogP contribution in [0.2, 0.25) is 0 Å². The number of ether oxygens (including phenoxy) is 1. The molecule has 1 amide bonds. The van der Waals surface area contributed by atoms with Crippen LogP contribution in [0, 0.1) is 34.9 Å². The van der Waals surface area contributed by atoms with Crippen molar-refractivity contribution in [3.8, 4) is 6.07 Å². The molecule has 3 fully saturated rings. The predicted octanol–water partition coefficient (Wildman–Crippen LogP) is 5.79. The maximum absolute atomic E-state index is 14.6. The lowest BCUT2D eigenvalue weighted by atomic mass is 9.59. The molecule has 8 nitrogen and oxygen atoms in total. The first-order valence-corrected chi connectivity index (χ1v) is 17.7. The second kappa shape index (κ2) is 13.4. The minimum atomic E-state index is -3.54. The van der Waals surface area contributed by atoms with Crippen LogP contribution in [0.1, 0.15) is 37.7 Å². The molecule has 3 aromatic carbocycles. The van der Waals surface area contributed by atoms with Gasteiger partial charge in [0.2, 0.25) is 9.84 Å². The van der Waals surface area contributed by atoms with Crippen molar-refractivity contribution in [2.24, 2.45) is 17.8 Å². The van der Waals surface area contributed by atoms with E-state index in [1.54, 1.807) is 48.5 Å². The van der Waals surface area contributed by atoms with Crippen molar-refractivity contribution in [2.75, 3.05) is 44.7 Å². The molecule has 2 saturated heterocycles. The summed E-state index contributed by atoms with van der Waals surface area (Å²) in [6.45, 7) is 4.45. The molecule has 1 N–H and O–H groups in total. The number of sulfone groups is 1. The van der Waals surface area contributed by atoms with E-state index in [0.29, 0.717) is 22.8 Å². The van der Waals surface area contributed by atoms with Crippen molar-refractivity contribution in [1.82, 2.24) is 10.2 Å². The average Bonchev–Trinajstić information content (AvgIpc) is 3.52. The van der Waals surface area contributed by atoms with Gasteiger partial charge in [-0.05, 0) is 105 Å². The molecule has 1 saturated carbocycles. The molecular formula is C36H41FN4O4S. The fourth-order valence-corrected chi connectivity index (χ4v) is 9.21. The maximum Gasteiger partial charge on any atom is 0.407 e. The summed E-state index contributed by atoms with van der Waals surface area (Å²) in [7, 11) is -2.01. The van der Waals surface area contributed by atoms with Crippen molar-refractivity contribution < 1.29 is 22.3 Å². The Morgan fingerprint density at radius 3 is 2.33 bits per heavy atom. The van der Waals surface area contributed by atoms with Gasteiger partial charge in [0.1, 0.15) is 11.9 Å². The molecule has 2 aliphatic heterocycles. The number of carbonyl (C=O) groups excluding carboxylic acids is 1. The van der Waals surface area contributed by atoms with Gasteiger partial charge >= 0.3 is 6.09 Å². The molecule has 242 valence electrons. The van der Waals surface area contributed by atoms with Crippen LogP contribution in [0.4, 0.5) is 14.9 Å². The number of nitriles is 1. The van der Waals surface area contributed by atoms with Crippen molar-refractivity contribution in [3.63, 3.8) is 0 Å². The van der Waals surface area contributed by atoms with Crippen LogP contribution >= 0.6 is 0 Å². The molecular weight excluding hydrogens is 603 g/mol. The third-order valence-electron chi connectivity index (χ3n) is 10.3. The molecule has 10 heteroatoms. The van der Waals surface area contributed by atoms with Gasteiger partial charge in [0.05, 0.1) is 21.3 Å². The summed E-state index contributed by atoms with van der Waals surface area (Å²) < 4.78 is 46.2. The maximum atomic E-state index is 14.6. The van der Waals surface area contributed by atoms with Gasteiger partial charge in [-0.2, -0.15) is 5.26 Å². The zero-order chi connectivity index (χ0) is 32.3. The van der Waals surface area contributed by atoms with E-state index in [4.69, 9.17) is 4.74 Å². The van der Waals surface area contributed by atoms with Gasteiger partial charge in [-0.15, -0.1) is 0 Å². The van der Waals surface area contributed by atoms with E-state index in [9.17, 15) is 22.9 Å². The monoisotopic (exact) mass is 644 g/mol. The molecule has 2 heterocycles. The number of likely N-dealkylation sites (tertiary alicyclic amines) is 1. The van der Waals surface area contributed by atoms with E-state index in [0.717, 1.165) is 64.1 Å². The Kier molecular flexibility index (Phi) is 9.34. The van der Waals surface area contributed by atoms with E-state index >= 15 is 0 Å². The highest BCUT2D eigenvalue weighted by atomic mass is 32.2. The van der Waals surface area contributed by atoms with Crippen LogP contribution in [0.3, 0.4) is 0 Å². The highest BCUT2D eigenvalue weighted by Crippen LogP contribution is 2.51. The van der Waals surface area contributed by atoms with Gasteiger partial charge < -0.3 is 19.9 Å². The van der Waals surface area contributed by atoms with Crippen LogP contribution < -0.4 is 10.2 Å². The molecule has 0 spiro atoms. The van der Waals surface area contributed by atoms with Gasteiger partial charge in [-0.1, -0.05) is 30.3 Å². The Morgan fingerprint density at radius 2 is 1.67 bits per heavy atom. The lowest BCUT2D eigenvalue weighted by molar-refractivity contribution is 0.0306. The quantitative estimate of drug-likeness (QED) is 0.315. The summed E-state index contributed by atoms with van der Waals surface area (Å²) in [6, 6.07) is 24.7. The van der Waals surface area contributed by atoms with E-state index in [-0.39, 0.29) is 22.5 Å². The smallest absolute Gasteiger partial charge is 0.407 e. The number of hydrogen-bond donors (Lipinski definition) is 1. The molecule has 3 aliphatic rings. The molecule has 6 rings (SSSR count). The lowest BCUT2D eigenvalue weighted by Crippen LogP contribution is -2.54. The largest absolute Gasteiger partial charge is 0.446 e. The van der Waals surface area contributed by atoms with Crippen molar-refractivity contribution in [2.45, 2.75) is 53.4 Å². The normalized spacial score (nSPS) is 22.4. The number of hydrogen-bond acceptors (Lipinski definition) is 7. The lowest BCUT2D eigenvalue weighted by Gasteiger charge is -2.47. The van der Waals surface area contributed by atoms with Gasteiger partial charge in [-0.25, -0.2) is 17.6 Å². The Bertz CT molecular complexity index is 1670. The Morgan fingerprint density at radius 1 is 0.978 bits per heavy atom. The Hall–Kier alpha value is -3.94. The number of nitrogens with one attached hydrogen (secondary N) is 1. The molecule has 46 heavy (non-hydrogen) atoms. The highest BCUT2D eigenvalue weighted by Gasteiger charge is 2.53. The molecule has 0 bridgehead atoms. The summed E-state index contributed by atoms with van der Waals surface area (Å²) in [5.41, 5.74) is 0.751. The topological polar surface area (TPSA) is 103 Å². The van der Waals surface area contributed by atoms with E-state index in [2.05, 4.69) is 21.2 Å². The summed E-state index contributed by atoms with van der Waals surface area (Å²) in [6.07, 6.45) is 3.02. The number of nitrogens with zero attached hydrogens (tertiary/aromatic N) is 3. The van der Waals surface area contributed by atoms with Crippen molar-refractivity contribution in [1.29, 1.82) is 5.26 Å². The Labute approximate surface area is 271 Å². The van der Waals surface area contributed by atoms with E-state index < -0.39 is 27.4 Å². The number of alkyl carbamates (subject to hydrolysis) is 1. The molecule has 3 atom stereocenters. The Balaban J connectivity index is 1.08. The first kappa shape index (κ1) is 32.0. The molecule has 0 aromatic heterocycles. The van der Waals surface area contributed by atoms with Gasteiger partial charge in [0.15, 0.2) is 0 Å². The van der Waals surface area contributed by atoms with Crippen LogP contribution in [0.5, 0.6) is 0 Å². The van der Waals surface area contributed by atoms with E-state index in [1.165, 1.54) is 19.2 Å². The third kappa shape index (κ3) is 6.23. The number of benzene rings is 3. The second-order valence-corrected chi connectivity index (χ2v) is 14.8. The minimum Gasteiger partial charge on any atom is -0.446 e. The predicted molar refractivity (Wildman–Crippen MR) is 174 cm³/mol. The number of rotatable bonds is 9. The number of piperidine rings is 1. The van der Waals surface area contributed by atoms with Gasteiger partial charge in [0.25, 0.3) is 0 Å². The van der Waals surface area contributed by atoms with Crippen molar-refractivity contribution >= 4 is 21.6 Å². The van der Waals surface area contributed by atoms with Crippen LogP contribution in [0.25, 0.3) is 0 Å². The molecule has 3 aromatic rings. The zero-order valence-electron chi connectivity index (χ0n) is 26.1. The summed E-state index contributed by atoms with van der Waals surface area (Å²) >= 11 is 0. The van der Waals surface area contributed by atoms with Crippen LogP contribution in [-0.2, 0) is 20.0 Å².